The molecule has 1 spiro atoms. The maximum absolute atomic E-state index is 14.6. The van der Waals surface area contributed by atoms with Crippen LogP contribution in [0.4, 0.5) is 5.69 Å². The van der Waals surface area contributed by atoms with Gasteiger partial charge in [0.2, 0.25) is 0 Å². The summed E-state index contributed by atoms with van der Waals surface area (Å²) in [5.74, 6) is -0.597. The van der Waals surface area contributed by atoms with E-state index in [9.17, 15) is 19.8 Å². The van der Waals surface area contributed by atoms with E-state index in [0.717, 1.165) is 30.5 Å². The fraction of sp³-hybridized carbons (Fsp3) is 0.436. The van der Waals surface area contributed by atoms with Crippen LogP contribution in [-0.4, -0.2) is 76.0 Å². The number of ether oxygens (including phenoxy) is 1. The maximum Gasteiger partial charge on any atom is 0.284 e. The van der Waals surface area contributed by atoms with E-state index in [1.54, 1.807) is 55.5 Å². The van der Waals surface area contributed by atoms with Crippen LogP contribution in [0.1, 0.15) is 74.0 Å². The number of piperidine rings is 1. The van der Waals surface area contributed by atoms with E-state index in [1.807, 2.05) is 37.3 Å². The Kier molecular flexibility index (Phi) is 9.10. The van der Waals surface area contributed by atoms with Gasteiger partial charge < -0.3 is 14.9 Å². The lowest BCUT2D eigenvalue weighted by Crippen LogP contribution is -2.81. The van der Waals surface area contributed by atoms with Gasteiger partial charge in [-0.3, -0.25) is 24.2 Å². The molecule has 1 saturated heterocycles. The van der Waals surface area contributed by atoms with Crippen LogP contribution in [0.5, 0.6) is 5.75 Å². The first-order chi connectivity index (χ1) is 23.8. The van der Waals surface area contributed by atoms with Gasteiger partial charge in [-0.15, -0.1) is 6.58 Å². The highest BCUT2D eigenvalue weighted by atomic mass is 16.7. The minimum Gasteiger partial charge on any atom is -0.487 e. The van der Waals surface area contributed by atoms with E-state index >= 15 is 0 Å². The van der Waals surface area contributed by atoms with Crippen molar-refractivity contribution in [3.05, 3.63) is 108 Å². The van der Waals surface area contributed by atoms with Crippen LogP contribution in [0.3, 0.4) is 0 Å². The molecule has 2 aliphatic carbocycles. The summed E-state index contributed by atoms with van der Waals surface area (Å²) in [6.45, 7) is 9.50. The first-order valence-electron chi connectivity index (χ1n) is 17.4. The van der Waals surface area contributed by atoms with Gasteiger partial charge in [-0.2, -0.15) is 5.06 Å². The summed E-state index contributed by atoms with van der Waals surface area (Å²) >= 11 is 0. The van der Waals surface area contributed by atoms with Crippen LogP contribution in [-0.2, 0) is 31.1 Å². The van der Waals surface area contributed by atoms with Crippen LogP contribution in [0, 0.1) is 0 Å². The molecule has 2 aliphatic heterocycles. The highest BCUT2D eigenvalue weighted by Crippen LogP contribution is 2.67. The van der Waals surface area contributed by atoms with Crippen molar-refractivity contribution in [3.8, 4) is 5.75 Å². The van der Waals surface area contributed by atoms with Gasteiger partial charge in [0.1, 0.15) is 17.5 Å². The lowest BCUT2D eigenvalue weighted by molar-refractivity contribution is -0.278. The Morgan fingerprint density at radius 1 is 0.959 bits per heavy atom. The van der Waals surface area contributed by atoms with Gasteiger partial charge >= 0.3 is 0 Å². The molecule has 7 rings (SSSR count). The van der Waals surface area contributed by atoms with Crippen molar-refractivity contribution in [2.24, 2.45) is 0 Å². The van der Waals surface area contributed by atoms with Crippen LogP contribution in [0.15, 0.2) is 85.5 Å². The van der Waals surface area contributed by atoms with E-state index < -0.39 is 35.0 Å². The molecule has 10 nitrogen and oxygen atoms in total. The predicted octanol–water partition coefficient (Wildman–Crippen LogP) is 4.96. The summed E-state index contributed by atoms with van der Waals surface area (Å²) in [7, 11) is 0. The van der Waals surface area contributed by atoms with E-state index in [2.05, 4.69) is 11.5 Å². The first kappa shape index (κ1) is 33.4. The Hall–Kier alpha value is -4.06. The molecule has 49 heavy (non-hydrogen) atoms. The standard InChI is InChI=1S/C39H45N3O7/c1-4-23-40-24-22-38-31-18-13-21-39(38,42(48-6-3)37(46)34(44)27-16-11-8-12-17-27)30(40)25-28-19-20-29(35(49-31)32(28)38)41(47-5-2)36(45)33(43)26-14-9-7-10-15-26/h4,7-12,14-17,19-20,30-31,33-34,43-44H,1,5-6,13,18,21-25H2,2-3H3/t30-,31?,33-,34-,38-,39-/m1/s1. The van der Waals surface area contributed by atoms with Crippen molar-refractivity contribution >= 4 is 17.5 Å². The number of carbonyl (C=O) groups is 2. The number of aliphatic hydroxyl groups excluding tert-OH is 2. The molecule has 1 unspecified atom stereocenters. The molecular weight excluding hydrogens is 622 g/mol. The third-order valence-corrected chi connectivity index (χ3v) is 11.0. The summed E-state index contributed by atoms with van der Waals surface area (Å²) in [6.07, 6.45) is 2.12. The third-order valence-electron chi connectivity index (χ3n) is 11.0. The normalized spacial score (nSPS) is 26.2. The molecule has 0 radical (unpaired) electrons. The molecule has 2 amide bonds. The van der Waals surface area contributed by atoms with E-state index in [0.29, 0.717) is 48.4 Å². The summed E-state index contributed by atoms with van der Waals surface area (Å²) in [6, 6.07) is 21.5. The largest absolute Gasteiger partial charge is 0.487 e. The molecule has 2 heterocycles. The third kappa shape index (κ3) is 5.03. The average Bonchev–Trinajstić information content (AvgIpc) is 3.48. The average molecular weight is 668 g/mol. The summed E-state index contributed by atoms with van der Waals surface area (Å²) < 4.78 is 7.00. The molecule has 2 bridgehead atoms. The molecule has 258 valence electrons. The lowest BCUT2D eigenvalue weighted by atomic mass is 9.47. The number of anilines is 1. The number of rotatable bonds is 12. The molecule has 6 atom stereocenters. The first-order valence-corrected chi connectivity index (χ1v) is 17.4. The zero-order chi connectivity index (χ0) is 34.3. The van der Waals surface area contributed by atoms with Gasteiger partial charge in [-0.1, -0.05) is 72.8 Å². The number of benzene rings is 3. The second-order valence-corrected chi connectivity index (χ2v) is 13.3. The Balaban J connectivity index is 1.40. The predicted molar refractivity (Wildman–Crippen MR) is 183 cm³/mol. The summed E-state index contributed by atoms with van der Waals surface area (Å²) in [5.41, 5.74) is 1.81. The van der Waals surface area contributed by atoms with Crippen molar-refractivity contribution < 1.29 is 34.2 Å². The smallest absolute Gasteiger partial charge is 0.284 e. The van der Waals surface area contributed by atoms with Gasteiger partial charge in [-0.05, 0) is 75.3 Å². The fourth-order valence-corrected chi connectivity index (χ4v) is 9.25. The molecule has 2 fully saturated rings. The maximum atomic E-state index is 14.6. The molecular formula is C39H45N3O7. The molecule has 0 aromatic heterocycles. The number of hydrogen-bond donors (Lipinski definition) is 2. The second-order valence-electron chi connectivity index (χ2n) is 13.3. The van der Waals surface area contributed by atoms with Gasteiger partial charge in [0.25, 0.3) is 11.8 Å². The lowest BCUT2D eigenvalue weighted by Gasteiger charge is -2.67. The zero-order valence-corrected chi connectivity index (χ0v) is 28.2. The van der Waals surface area contributed by atoms with E-state index in [4.69, 9.17) is 14.4 Å². The quantitative estimate of drug-likeness (QED) is 0.206. The highest BCUT2D eigenvalue weighted by Gasteiger charge is 2.75. The number of aliphatic hydroxyl groups is 2. The topological polar surface area (TPSA) is 112 Å². The van der Waals surface area contributed by atoms with Crippen molar-refractivity contribution in [3.63, 3.8) is 0 Å². The zero-order valence-electron chi connectivity index (χ0n) is 28.2. The van der Waals surface area contributed by atoms with Gasteiger partial charge in [0.15, 0.2) is 12.2 Å². The second kappa shape index (κ2) is 13.3. The number of carbonyl (C=O) groups excluding carboxylic acids is 2. The molecule has 10 heteroatoms. The van der Waals surface area contributed by atoms with E-state index in [-0.39, 0.29) is 25.4 Å². The Morgan fingerprint density at radius 2 is 1.61 bits per heavy atom. The number of hydroxylamine groups is 3. The fourth-order valence-electron chi connectivity index (χ4n) is 9.25. The molecule has 3 aromatic rings. The minimum absolute atomic E-state index is 0.155. The Labute approximate surface area is 287 Å². The molecule has 4 aliphatic rings. The number of nitrogens with zero attached hydrogens (tertiary/aromatic N) is 3. The van der Waals surface area contributed by atoms with Crippen LogP contribution >= 0.6 is 0 Å². The van der Waals surface area contributed by atoms with Crippen molar-refractivity contribution in [2.75, 3.05) is 31.4 Å². The summed E-state index contributed by atoms with van der Waals surface area (Å²) in [5, 5.41) is 25.5. The minimum atomic E-state index is -1.45. The molecule has 2 N–H and O–H groups in total. The highest BCUT2D eigenvalue weighted by molar-refractivity contribution is 5.97. The van der Waals surface area contributed by atoms with Crippen molar-refractivity contribution in [2.45, 2.75) is 81.3 Å². The molecule has 3 aromatic carbocycles. The SMILES string of the molecule is C=CCN1CC[C@]23c4c5ccc(N(OCC)C(=O)[C@H](O)c6ccccc6)c4OC2CCC[C@@]3(N(OCC)C(=O)[C@H](O)c2ccccc2)[C@H]1C5. The van der Waals surface area contributed by atoms with Gasteiger partial charge in [0.05, 0.1) is 24.2 Å². The number of likely N-dealkylation sites (tertiary alicyclic amines) is 1. The Morgan fingerprint density at radius 3 is 2.24 bits per heavy atom. The number of amides is 2. The number of hydrogen-bond acceptors (Lipinski definition) is 8. The molecule has 1 saturated carbocycles. The monoisotopic (exact) mass is 667 g/mol. The van der Waals surface area contributed by atoms with Crippen molar-refractivity contribution in [1.29, 1.82) is 0 Å². The van der Waals surface area contributed by atoms with E-state index in [1.165, 1.54) is 10.1 Å². The van der Waals surface area contributed by atoms with Crippen LogP contribution < -0.4 is 9.80 Å². The Bertz CT molecular complexity index is 1700. The van der Waals surface area contributed by atoms with Crippen molar-refractivity contribution in [1.82, 2.24) is 9.96 Å². The van der Waals surface area contributed by atoms with Crippen LogP contribution in [0.25, 0.3) is 0 Å². The van der Waals surface area contributed by atoms with Gasteiger partial charge in [0, 0.05) is 18.2 Å². The van der Waals surface area contributed by atoms with Crippen LogP contribution in [0.2, 0.25) is 0 Å². The van der Waals surface area contributed by atoms with Gasteiger partial charge in [-0.25, -0.2) is 5.06 Å². The summed E-state index contributed by atoms with van der Waals surface area (Å²) in [4.78, 5) is 43.4.